The van der Waals surface area contributed by atoms with Crippen molar-refractivity contribution >= 4 is 33.4 Å². The van der Waals surface area contributed by atoms with E-state index in [4.69, 9.17) is 0 Å². The number of hydrogen-bond donors (Lipinski definition) is 1. The highest BCUT2D eigenvalue weighted by molar-refractivity contribution is 7.89. The maximum absolute atomic E-state index is 13.1. The Kier molecular flexibility index (Phi) is 6.97. The van der Waals surface area contributed by atoms with Crippen LogP contribution < -0.4 is 10.2 Å². The van der Waals surface area contributed by atoms with Crippen LogP contribution in [0.25, 0.3) is 0 Å². The Labute approximate surface area is 182 Å². The summed E-state index contributed by atoms with van der Waals surface area (Å²) < 4.78 is 32.3. The summed E-state index contributed by atoms with van der Waals surface area (Å²) in [7, 11) is -0.785. The minimum absolute atomic E-state index is 0.0575. The van der Waals surface area contributed by atoms with E-state index in [2.05, 4.69) is 10.1 Å². The average molecular weight is 446 g/mol. The van der Waals surface area contributed by atoms with Gasteiger partial charge in [0.1, 0.15) is 0 Å². The lowest BCUT2D eigenvalue weighted by Gasteiger charge is -2.32. The molecule has 1 N–H and O–H groups in total. The minimum atomic E-state index is -3.66. The van der Waals surface area contributed by atoms with Gasteiger partial charge in [0.15, 0.2) is 0 Å². The smallest absolute Gasteiger partial charge is 0.413 e. The van der Waals surface area contributed by atoms with Gasteiger partial charge >= 0.3 is 6.09 Å². The molecule has 3 rings (SSSR count). The maximum atomic E-state index is 13.1. The van der Waals surface area contributed by atoms with E-state index in [1.165, 1.54) is 28.4 Å². The predicted molar refractivity (Wildman–Crippen MR) is 119 cm³/mol. The number of piperidine rings is 1. The van der Waals surface area contributed by atoms with Gasteiger partial charge in [-0.05, 0) is 62.2 Å². The molecule has 1 unspecified atom stereocenters. The Hall–Kier alpha value is -2.91. The van der Waals surface area contributed by atoms with E-state index in [0.29, 0.717) is 17.9 Å². The molecule has 9 heteroatoms. The fourth-order valence-electron chi connectivity index (χ4n) is 3.58. The van der Waals surface area contributed by atoms with Crippen molar-refractivity contribution in [3.63, 3.8) is 0 Å². The quantitative estimate of drug-likeness (QED) is 0.757. The normalized spacial score (nSPS) is 17.1. The van der Waals surface area contributed by atoms with Crippen molar-refractivity contribution in [2.75, 3.05) is 30.9 Å². The number of sulfonamides is 1. The highest BCUT2D eigenvalue weighted by Gasteiger charge is 2.31. The van der Waals surface area contributed by atoms with Crippen molar-refractivity contribution in [3.8, 4) is 0 Å². The SMILES string of the molecule is COC(=O)N(C)c1ccc(NC(=O)c2cccc(S(=O)(=O)N3CCCCC3C)c2)cc1. The number of ether oxygens (including phenoxy) is 1. The first-order valence-electron chi connectivity index (χ1n) is 10.1. The number of amides is 2. The highest BCUT2D eigenvalue weighted by atomic mass is 32.2. The Morgan fingerprint density at radius 3 is 2.48 bits per heavy atom. The zero-order valence-corrected chi connectivity index (χ0v) is 18.7. The molecule has 1 aliphatic rings. The van der Waals surface area contributed by atoms with Crippen LogP contribution in [0.2, 0.25) is 0 Å². The minimum Gasteiger partial charge on any atom is -0.452 e. The molecule has 1 aliphatic heterocycles. The van der Waals surface area contributed by atoms with Crippen LogP contribution in [-0.2, 0) is 14.8 Å². The van der Waals surface area contributed by atoms with Gasteiger partial charge in [-0.1, -0.05) is 12.5 Å². The zero-order valence-electron chi connectivity index (χ0n) is 17.9. The highest BCUT2D eigenvalue weighted by Crippen LogP contribution is 2.26. The molecule has 2 aromatic rings. The monoisotopic (exact) mass is 445 g/mol. The molecule has 0 aliphatic carbocycles. The van der Waals surface area contributed by atoms with Crippen molar-refractivity contribution in [2.45, 2.75) is 37.1 Å². The number of carbonyl (C=O) groups is 2. The number of methoxy groups -OCH3 is 1. The molecule has 1 fully saturated rings. The number of carbonyl (C=O) groups excluding carboxylic acids is 2. The molecule has 8 nitrogen and oxygen atoms in total. The van der Waals surface area contributed by atoms with Crippen LogP contribution in [0, 0.1) is 0 Å². The Morgan fingerprint density at radius 1 is 1.13 bits per heavy atom. The Bertz CT molecular complexity index is 1050. The van der Waals surface area contributed by atoms with Gasteiger partial charge in [0.25, 0.3) is 5.91 Å². The molecule has 0 aromatic heterocycles. The second kappa shape index (κ2) is 9.49. The van der Waals surface area contributed by atoms with Crippen molar-refractivity contribution < 1.29 is 22.7 Å². The summed E-state index contributed by atoms with van der Waals surface area (Å²) in [6.07, 6.45) is 2.19. The molecular formula is C22H27N3O5S. The summed E-state index contributed by atoms with van der Waals surface area (Å²) in [4.78, 5) is 25.7. The first-order valence-corrected chi connectivity index (χ1v) is 11.5. The van der Waals surface area contributed by atoms with Crippen molar-refractivity contribution in [2.24, 2.45) is 0 Å². The second-order valence-corrected chi connectivity index (χ2v) is 9.41. The molecule has 0 radical (unpaired) electrons. The summed E-state index contributed by atoms with van der Waals surface area (Å²) in [5.41, 5.74) is 1.38. The summed E-state index contributed by atoms with van der Waals surface area (Å²) >= 11 is 0. The number of benzene rings is 2. The predicted octanol–water partition coefficient (Wildman–Crippen LogP) is 3.70. The number of nitrogens with one attached hydrogen (secondary N) is 1. The molecular weight excluding hydrogens is 418 g/mol. The third-order valence-electron chi connectivity index (χ3n) is 5.41. The van der Waals surface area contributed by atoms with Crippen molar-refractivity contribution in [1.82, 2.24) is 4.31 Å². The molecule has 0 bridgehead atoms. The van der Waals surface area contributed by atoms with E-state index < -0.39 is 22.0 Å². The van der Waals surface area contributed by atoms with Crippen LogP contribution in [0.4, 0.5) is 16.2 Å². The van der Waals surface area contributed by atoms with Gasteiger partial charge in [-0.3, -0.25) is 9.69 Å². The third kappa shape index (κ3) is 5.05. The van der Waals surface area contributed by atoms with Gasteiger partial charge in [-0.25, -0.2) is 13.2 Å². The molecule has 2 amide bonds. The second-order valence-electron chi connectivity index (χ2n) is 7.52. The lowest BCUT2D eigenvalue weighted by atomic mass is 10.1. The van der Waals surface area contributed by atoms with Gasteiger partial charge < -0.3 is 10.1 Å². The van der Waals surface area contributed by atoms with Crippen LogP contribution in [0.1, 0.15) is 36.5 Å². The zero-order chi connectivity index (χ0) is 22.6. The largest absolute Gasteiger partial charge is 0.452 e. The number of nitrogens with zero attached hydrogens (tertiary/aromatic N) is 2. The molecule has 1 atom stereocenters. The van der Waals surface area contributed by atoms with E-state index in [9.17, 15) is 18.0 Å². The van der Waals surface area contributed by atoms with Crippen molar-refractivity contribution in [1.29, 1.82) is 0 Å². The van der Waals surface area contributed by atoms with Crippen molar-refractivity contribution in [3.05, 3.63) is 54.1 Å². The molecule has 1 saturated heterocycles. The summed E-state index contributed by atoms with van der Waals surface area (Å²) in [5, 5.41) is 2.75. The Balaban J connectivity index is 1.75. The molecule has 2 aromatic carbocycles. The van der Waals surface area contributed by atoms with Gasteiger partial charge in [-0.15, -0.1) is 0 Å². The van der Waals surface area contributed by atoms with Gasteiger partial charge in [-0.2, -0.15) is 4.31 Å². The molecule has 0 saturated carbocycles. The van der Waals surface area contributed by atoms with E-state index in [0.717, 1.165) is 19.3 Å². The molecule has 0 spiro atoms. The third-order valence-corrected chi connectivity index (χ3v) is 7.42. The van der Waals surface area contributed by atoms with Crippen LogP contribution in [0.5, 0.6) is 0 Å². The average Bonchev–Trinajstić information content (AvgIpc) is 2.78. The number of anilines is 2. The van der Waals surface area contributed by atoms with Gasteiger partial charge in [0.2, 0.25) is 10.0 Å². The van der Waals surface area contributed by atoms with E-state index in [1.54, 1.807) is 43.4 Å². The van der Waals surface area contributed by atoms with Gasteiger partial charge in [0.05, 0.1) is 12.0 Å². The molecule has 1 heterocycles. The fraction of sp³-hybridized carbons (Fsp3) is 0.364. The fourth-order valence-corrected chi connectivity index (χ4v) is 5.32. The van der Waals surface area contributed by atoms with Crippen LogP contribution in [0.15, 0.2) is 53.4 Å². The van der Waals surface area contributed by atoms with Crippen LogP contribution in [0.3, 0.4) is 0 Å². The molecule has 166 valence electrons. The van der Waals surface area contributed by atoms with Crippen LogP contribution in [-0.4, -0.2) is 51.5 Å². The lowest BCUT2D eigenvalue weighted by Crippen LogP contribution is -2.41. The number of rotatable bonds is 5. The van der Waals surface area contributed by atoms with Gasteiger partial charge in [0, 0.05) is 36.6 Å². The number of hydrogen-bond acceptors (Lipinski definition) is 5. The van der Waals surface area contributed by atoms with E-state index in [-0.39, 0.29) is 16.5 Å². The first-order chi connectivity index (χ1) is 14.7. The topological polar surface area (TPSA) is 96.0 Å². The van der Waals surface area contributed by atoms with Crippen LogP contribution >= 0.6 is 0 Å². The summed E-state index contributed by atoms with van der Waals surface area (Å²) in [6.45, 7) is 2.40. The Morgan fingerprint density at radius 2 is 1.84 bits per heavy atom. The lowest BCUT2D eigenvalue weighted by molar-refractivity contribution is 0.102. The standard InChI is InChI=1S/C22H27N3O5S/c1-16-7-4-5-14-25(16)31(28,29)20-9-6-8-17(15-20)21(26)23-18-10-12-19(13-11-18)24(2)22(27)30-3/h6,8-13,15-16H,4-5,7,14H2,1-3H3,(H,23,26). The summed E-state index contributed by atoms with van der Waals surface area (Å²) in [6, 6.07) is 12.7. The van der Waals surface area contributed by atoms with E-state index in [1.807, 2.05) is 6.92 Å². The summed E-state index contributed by atoms with van der Waals surface area (Å²) in [5.74, 6) is -0.419. The van der Waals surface area contributed by atoms with E-state index >= 15 is 0 Å². The first kappa shape index (κ1) is 22.8. The maximum Gasteiger partial charge on any atom is 0.413 e. The molecule has 31 heavy (non-hydrogen) atoms.